The lowest BCUT2D eigenvalue weighted by molar-refractivity contribution is -0.139. The van der Waals surface area contributed by atoms with E-state index in [2.05, 4.69) is 0 Å². The van der Waals surface area contributed by atoms with Crippen LogP contribution in [0.5, 0.6) is 0 Å². The molecule has 1 heterocycles. The number of rotatable bonds is 2. The van der Waals surface area contributed by atoms with E-state index in [1.54, 1.807) is 0 Å². The Morgan fingerprint density at radius 2 is 1.89 bits per heavy atom. The third-order valence-electron chi connectivity index (χ3n) is 2.39. The van der Waals surface area contributed by atoms with Crippen molar-refractivity contribution in [1.82, 2.24) is 0 Å². The van der Waals surface area contributed by atoms with Crippen LogP contribution in [0.1, 0.15) is 16.1 Å². The van der Waals surface area contributed by atoms with Gasteiger partial charge in [0.05, 0.1) is 11.8 Å². The van der Waals surface area contributed by atoms with E-state index in [1.807, 2.05) is 0 Å². The molecule has 0 saturated heterocycles. The Morgan fingerprint density at radius 1 is 1.17 bits per heavy atom. The molecule has 2 rings (SSSR count). The van der Waals surface area contributed by atoms with Gasteiger partial charge < -0.3 is 4.42 Å². The summed E-state index contributed by atoms with van der Waals surface area (Å²) in [6, 6.07) is 3.82. The number of furan rings is 1. The molecule has 0 aliphatic rings. The van der Waals surface area contributed by atoms with E-state index in [9.17, 15) is 22.4 Å². The Labute approximate surface area is 98.8 Å². The van der Waals surface area contributed by atoms with E-state index in [0.29, 0.717) is 12.4 Å². The molecule has 94 valence electrons. The monoisotopic (exact) mass is 258 g/mol. The molecule has 0 aliphatic carbocycles. The lowest BCUT2D eigenvalue weighted by Gasteiger charge is -2.08. The summed E-state index contributed by atoms with van der Waals surface area (Å²) < 4.78 is 55.2. The largest absolute Gasteiger partial charge is 0.461 e. The van der Waals surface area contributed by atoms with Gasteiger partial charge in [-0.15, -0.1) is 0 Å². The smallest absolute Gasteiger partial charge is 0.419 e. The highest BCUT2D eigenvalue weighted by Gasteiger charge is 2.34. The van der Waals surface area contributed by atoms with Gasteiger partial charge in [-0.1, -0.05) is 6.07 Å². The van der Waals surface area contributed by atoms with Crippen molar-refractivity contribution in [1.29, 1.82) is 0 Å². The molecule has 0 N–H and O–H groups in total. The number of carbonyl (C=O) groups is 1. The average molecular weight is 258 g/mol. The Hall–Kier alpha value is -2.11. The highest BCUT2D eigenvalue weighted by Crippen LogP contribution is 2.34. The lowest BCUT2D eigenvalue weighted by Crippen LogP contribution is -2.07. The molecular formula is C12H6F4O2. The number of halogens is 4. The first-order valence-corrected chi connectivity index (χ1v) is 4.83. The third kappa shape index (κ3) is 2.13. The second-order valence-electron chi connectivity index (χ2n) is 3.51. The fraction of sp³-hybridized carbons (Fsp3) is 0.0833. The van der Waals surface area contributed by atoms with Crippen molar-refractivity contribution in [2.24, 2.45) is 0 Å². The zero-order valence-corrected chi connectivity index (χ0v) is 8.79. The van der Waals surface area contributed by atoms with Gasteiger partial charge in [0.25, 0.3) is 0 Å². The normalized spacial score (nSPS) is 11.6. The molecule has 0 fully saturated rings. The molecule has 1 aromatic heterocycles. The first-order valence-electron chi connectivity index (χ1n) is 4.83. The van der Waals surface area contributed by atoms with E-state index in [4.69, 9.17) is 4.42 Å². The van der Waals surface area contributed by atoms with Gasteiger partial charge >= 0.3 is 6.18 Å². The third-order valence-corrected chi connectivity index (χ3v) is 2.39. The van der Waals surface area contributed by atoms with Crippen molar-refractivity contribution in [3.8, 4) is 11.1 Å². The van der Waals surface area contributed by atoms with E-state index < -0.39 is 17.6 Å². The van der Waals surface area contributed by atoms with Crippen LogP contribution in [-0.2, 0) is 6.18 Å². The summed E-state index contributed by atoms with van der Waals surface area (Å²) in [5.41, 5.74) is -0.948. The summed E-state index contributed by atoms with van der Waals surface area (Å²) >= 11 is 0. The van der Waals surface area contributed by atoms with Crippen molar-refractivity contribution in [3.63, 3.8) is 0 Å². The molecule has 0 atom stereocenters. The van der Waals surface area contributed by atoms with Crippen LogP contribution in [0, 0.1) is 5.82 Å². The Balaban J connectivity index is 2.50. The van der Waals surface area contributed by atoms with Crippen molar-refractivity contribution < 1.29 is 26.8 Å². The molecule has 1 aromatic carbocycles. The summed E-state index contributed by atoms with van der Waals surface area (Å²) in [4.78, 5) is 10.6. The van der Waals surface area contributed by atoms with Gasteiger partial charge in [-0.2, -0.15) is 13.2 Å². The van der Waals surface area contributed by atoms with Gasteiger partial charge in [0.1, 0.15) is 5.82 Å². The molecule has 0 aliphatic heterocycles. The van der Waals surface area contributed by atoms with Gasteiger partial charge in [-0.3, -0.25) is 4.79 Å². The zero-order valence-electron chi connectivity index (χ0n) is 8.79. The molecule has 0 amide bonds. The highest BCUT2D eigenvalue weighted by atomic mass is 19.4. The van der Waals surface area contributed by atoms with Gasteiger partial charge in [0, 0.05) is 5.56 Å². The number of carbonyl (C=O) groups excluding carboxylic acids is 1. The molecule has 0 radical (unpaired) electrons. The van der Waals surface area contributed by atoms with Crippen LogP contribution in [0.4, 0.5) is 17.6 Å². The maximum atomic E-state index is 13.3. The van der Waals surface area contributed by atoms with E-state index in [0.717, 1.165) is 12.1 Å². The summed E-state index contributed by atoms with van der Waals surface area (Å²) in [5.74, 6) is -1.45. The van der Waals surface area contributed by atoms with Crippen molar-refractivity contribution in [3.05, 3.63) is 47.7 Å². The summed E-state index contributed by atoms with van der Waals surface area (Å²) in [5, 5.41) is 0. The van der Waals surface area contributed by atoms with Crippen LogP contribution < -0.4 is 0 Å². The number of alkyl halides is 3. The first-order chi connectivity index (χ1) is 8.43. The van der Waals surface area contributed by atoms with Gasteiger partial charge in [-0.25, -0.2) is 4.39 Å². The Morgan fingerprint density at radius 3 is 2.44 bits per heavy atom. The zero-order chi connectivity index (χ0) is 13.3. The molecule has 0 spiro atoms. The summed E-state index contributed by atoms with van der Waals surface area (Å²) in [6.45, 7) is 0. The predicted octanol–water partition coefficient (Wildman–Crippen LogP) is 3.92. The predicted molar refractivity (Wildman–Crippen MR) is 54.5 cm³/mol. The van der Waals surface area contributed by atoms with Crippen LogP contribution in [0.25, 0.3) is 11.1 Å². The van der Waals surface area contributed by atoms with Crippen LogP contribution >= 0.6 is 0 Å². The van der Waals surface area contributed by atoms with Crippen molar-refractivity contribution in [2.45, 2.75) is 6.18 Å². The van der Waals surface area contributed by atoms with E-state index in [1.165, 1.54) is 12.3 Å². The molecule has 6 heteroatoms. The average Bonchev–Trinajstić information content (AvgIpc) is 2.74. The quantitative estimate of drug-likeness (QED) is 0.603. The summed E-state index contributed by atoms with van der Waals surface area (Å²) in [7, 11) is 0. The maximum Gasteiger partial charge on any atom is 0.419 e. The molecule has 18 heavy (non-hydrogen) atoms. The van der Waals surface area contributed by atoms with Crippen LogP contribution in [-0.4, -0.2) is 6.29 Å². The SMILES string of the molecule is O=Cc1occc1-c1ccc(C(F)(F)F)c(F)c1. The standard InChI is InChI=1S/C12H6F4O2/c13-10-5-7(1-2-9(10)12(14,15)16)8-3-4-18-11(8)6-17/h1-6H. The topological polar surface area (TPSA) is 30.2 Å². The number of benzene rings is 1. The molecule has 2 nitrogen and oxygen atoms in total. The van der Waals surface area contributed by atoms with Gasteiger partial charge in [0.15, 0.2) is 12.0 Å². The summed E-state index contributed by atoms with van der Waals surface area (Å²) in [6.07, 6.45) is -3.13. The van der Waals surface area contributed by atoms with Crippen LogP contribution in [0.2, 0.25) is 0 Å². The number of hydrogen-bond donors (Lipinski definition) is 0. The molecular weight excluding hydrogens is 252 g/mol. The minimum atomic E-state index is -4.74. The fourth-order valence-electron chi connectivity index (χ4n) is 1.56. The van der Waals surface area contributed by atoms with Crippen LogP contribution in [0.3, 0.4) is 0 Å². The Kier molecular flexibility index (Phi) is 2.94. The van der Waals surface area contributed by atoms with E-state index >= 15 is 0 Å². The fourth-order valence-corrected chi connectivity index (χ4v) is 1.56. The minimum Gasteiger partial charge on any atom is -0.461 e. The molecule has 0 bridgehead atoms. The highest BCUT2D eigenvalue weighted by molar-refractivity contribution is 5.84. The first kappa shape index (κ1) is 12.3. The number of aldehydes is 1. The van der Waals surface area contributed by atoms with Gasteiger partial charge in [0.2, 0.25) is 0 Å². The van der Waals surface area contributed by atoms with E-state index in [-0.39, 0.29) is 16.9 Å². The van der Waals surface area contributed by atoms with Gasteiger partial charge in [-0.05, 0) is 23.8 Å². The minimum absolute atomic E-state index is 0.0610. The molecule has 0 unspecified atom stereocenters. The molecule has 0 saturated carbocycles. The second-order valence-corrected chi connectivity index (χ2v) is 3.51. The van der Waals surface area contributed by atoms with Crippen LogP contribution in [0.15, 0.2) is 34.9 Å². The molecule has 2 aromatic rings. The lowest BCUT2D eigenvalue weighted by atomic mass is 10.0. The Bertz CT molecular complexity index is 584. The van der Waals surface area contributed by atoms with Crippen molar-refractivity contribution >= 4 is 6.29 Å². The second kappa shape index (κ2) is 4.29. The van der Waals surface area contributed by atoms with Crippen molar-refractivity contribution in [2.75, 3.05) is 0 Å². The number of hydrogen-bond acceptors (Lipinski definition) is 2. The maximum absolute atomic E-state index is 13.3.